The van der Waals surface area contributed by atoms with Gasteiger partial charge in [0, 0.05) is 17.8 Å². The van der Waals surface area contributed by atoms with Crippen molar-refractivity contribution in [2.45, 2.75) is 13.0 Å². The molecule has 0 fully saturated rings. The molecule has 0 unspecified atom stereocenters. The Morgan fingerprint density at radius 3 is 2.55 bits per heavy atom. The lowest BCUT2D eigenvalue weighted by Crippen LogP contribution is -2.06. The maximum atomic E-state index is 6.26. The van der Waals surface area contributed by atoms with E-state index in [9.17, 15) is 0 Å². The third-order valence-electron chi connectivity index (χ3n) is 3.58. The zero-order valence-corrected chi connectivity index (χ0v) is 12.0. The lowest BCUT2D eigenvalue weighted by molar-refractivity contribution is 0.828. The van der Waals surface area contributed by atoms with E-state index in [1.54, 1.807) is 0 Å². The summed E-state index contributed by atoms with van der Waals surface area (Å²) in [5, 5.41) is 2.06. The van der Waals surface area contributed by atoms with Crippen molar-refractivity contribution in [2.24, 2.45) is 5.73 Å². The number of nitrogens with zero attached hydrogens (tertiary/aromatic N) is 1. The number of hydrogen-bond donors (Lipinski definition) is 1. The van der Waals surface area contributed by atoms with Crippen molar-refractivity contribution in [2.75, 3.05) is 6.54 Å². The number of fused-ring (bicyclic) bond motifs is 1. The van der Waals surface area contributed by atoms with E-state index in [2.05, 4.69) is 41.1 Å². The molecule has 102 valence electrons. The van der Waals surface area contributed by atoms with Crippen LogP contribution in [0.4, 0.5) is 0 Å². The Bertz CT molecular complexity index is 731. The van der Waals surface area contributed by atoms with Crippen LogP contribution < -0.4 is 5.73 Å². The molecule has 3 aromatic rings. The van der Waals surface area contributed by atoms with Crippen molar-refractivity contribution in [1.29, 1.82) is 0 Å². The number of aromatic nitrogens is 1. The highest BCUT2D eigenvalue weighted by molar-refractivity contribution is 6.31. The van der Waals surface area contributed by atoms with Crippen molar-refractivity contribution in [3.8, 4) is 0 Å². The van der Waals surface area contributed by atoms with Crippen LogP contribution >= 0.6 is 11.6 Å². The van der Waals surface area contributed by atoms with E-state index in [0.717, 1.165) is 23.6 Å². The summed E-state index contributed by atoms with van der Waals surface area (Å²) in [4.78, 5) is 0. The lowest BCUT2D eigenvalue weighted by Gasteiger charge is -2.10. The molecule has 0 aliphatic carbocycles. The van der Waals surface area contributed by atoms with Gasteiger partial charge in [0.25, 0.3) is 0 Å². The second-order valence-corrected chi connectivity index (χ2v) is 5.34. The Hall–Kier alpha value is -1.77. The van der Waals surface area contributed by atoms with E-state index >= 15 is 0 Å². The van der Waals surface area contributed by atoms with Gasteiger partial charge in [0.15, 0.2) is 0 Å². The van der Waals surface area contributed by atoms with Gasteiger partial charge in [0.05, 0.1) is 5.52 Å². The predicted octanol–water partition coefficient (Wildman–Crippen LogP) is 3.84. The van der Waals surface area contributed by atoms with Gasteiger partial charge in [-0.3, -0.25) is 0 Å². The number of hydrogen-bond acceptors (Lipinski definition) is 1. The molecular formula is C17H17ClN2. The van der Waals surface area contributed by atoms with Crippen molar-refractivity contribution >= 4 is 22.5 Å². The molecule has 0 spiro atoms. The zero-order chi connectivity index (χ0) is 13.9. The first-order chi connectivity index (χ1) is 9.79. The van der Waals surface area contributed by atoms with Crippen LogP contribution in [0.25, 0.3) is 10.9 Å². The molecule has 3 heteroatoms. The molecule has 0 saturated carbocycles. The van der Waals surface area contributed by atoms with Gasteiger partial charge in [-0.05, 0) is 41.6 Å². The van der Waals surface area contributed by atoms with E-state index in [1.807, 2.05) is 18.2 Å². The maximum Gasteiger partial charge on any atom is 0.0516 e. The molecule has 0 radical (unpaired) electrons. The summed E-state index contributed by atoms with van der Waals surface area (Å²) >= 11 is 6.26. The number of nitrogens with two attached hydrogens (primary N) is 1. The minimum atomic E-state index is 0.663. The van der Waals surface area contributed by atoms with Crippen molar-refractivity contribution in [3.05, 3.63) is 70.9 Å². The molecule has 2 nitrogen and oxygen atoms in total. The SMILES string of the molecule is NCCc1cccc2ccn(Cc3ccccc3Cl)c12. The van der Waals surface area contributed by atoms with Gasteiger partial charge in [-0.25, -0.2) is 0 Å². The molecule has 1 aromatic heterocycles. The van der Waals surface area contributed by atoms with E-state index in [-0.39, 0.29) is 0 Å². The fourth-order valence-corrected chi connectivity index (χ4v) is 2.84. The van der Waals surface area contributed by atoms with Gasteiger partial charge in [0.1, 0.15) is 0 Å². The standard InChI is InChI=1S/C17H17ClN2/c18-16-7-2-1-4-15(16)12-20-11-9-14-6-3-5-13(8-10-19)17(14)20/h1-7,9,11H,8,10,12,19H2. The Balaban J connectivity index is 2.06. The van der Waals surface area contributed by atoms with Crippen LogP contribution in [-0.4, -0.2) is 11.1 Å². The molecular weight excluding hydrogens is 268 g/mol. The molecule has 0 saturated heterocycles. The Kier molecular flexibility index (Phi) is 3.77. The Morgan fingerprint density at radius 2 is 1.75 bits per heavy atom. The Labute approximate surface area is 123 Å². The molecule has 0 amide bonds. The van der Waals surface area contributed by atoms with Crippen molar-refractivity contribution < 1.29 is 0 Å². The molecule has 1 heterocycles. The second-order valence-electron chi connectivity index (χ2n) is 4.93. The van der Waals surface area contributed by atoms with Crippen LogP contribution in [0.2, 0.25) is 5.02 Å². The molecule has 0 aliphatic heterocycles. The highest BCUT2D eigenvalue weighted by atomic mass is 35.5. The lowest BCUT2D eigenvalue weighted by atomic mass is 10.1. The highest BCUT2D eigenvalue weighted by Gasteiger charge is 2.08. The fraction of sp³-hybridized carbons (Fsp3) is 0.176. The summed E-state index contributed by atoms with van der Waals surface area (Å²) in [6, 6.07) is 16.5. The Morgan fingerprint density at radius 1 is 0.950 bits per heavy atom. The van der Waals surface area contributed by atoms with Crippen LogP contribution in [0.15, 0.2) is 54.7 Å². The van der Waals surface area contributed by atoms with Crippen LogP contribution in [0.3, 0.4) is 0 Å². The second kappa shape index (κ2) is 5.70. The first kappa shape index (κ1) is 13.2. The topological polar surface area (TPSA) is 30.9 Å². The molecule has 0 bridgehead atoms. The maximum absolute atomic E-state index is 6.26. The molecule has 2 N–H and O–H groups in total. The summed E-state index contributed by atoms with van der Waals surface area (Å²) in [6.45, 7) is 1.45. The molecule has 0 atom stereocenters. The predicted molar refractivity (Wildman–Crippen MR) is 85.3 cm³/mol. The number of para-hydroxylation sites is 1. The van der Waals surface area contributed by atoms with E-state index in [1.165, 1.54) is 16.5 Å². The fourth-order valence-electron chi connectivity index (χ4n) is 2.64. The number of benzene rings is 2. The zero-order valence-electron chi connectivity index (χ0n) is 11.2. The first-order valence-corrected chi connectivity index (χ1v) is 7.17. The molecule has 0 aliphatic rings. The minimum absolute atomic E-state index is 0.663. The van der Waals surface area contributed by atoms with Crippen molar-refractivity contribution in [3.63, 3.8) is 0 Å². The summed E-state index contributed by atoms with van der Waals surface area (Å²) in [5.74, 6) is 0. The van der Waals surface area contributed by atoms with E-state index in [4.69, 9.17) is 17.3 Å². The third kappa shape index (κ3) is 2.45. The summed E-state index contributed by atoms with van der Waals surface area (Å²) < 4.78 is 2.25. The average Bonchev–Trinajstić information content (AvgIpc) is 2.86. The quantitative estimate of drug-likeness (QED) is 0.775. The summed E-state index contributed by atoms with van der Waals surface area (Å²) in [5.41, 5.74) is 9.41. The minimum Gasteiger partial charge on any atom is -0.343 e. The smallest absolute Gasteiger partial charge is 0.0516 e. The van der Waals surface area contributed by atoms with Gasteiger partial charge in [-0.15, -0.1) is 0 Å². The largest absolute Gasteiger partial charge is 0.343 e. The molecule has 2 aromatic carbocycles. The summed E-state index contributed by atoms with van der Waals surface area (Å²) in [6.07, 6.45) is 3.01. The van der Waals surface area contributed by atoms with Crippen LogP contribution in [0.1, 0.15) is 11.1 Å². The van der Waals surface area contributed by atoms with E-state index in [0.29, 0.717) is 6.54 Å². The van der Waals surface area contributed by atoms with Gasteiger partial charge in [-0.2, -0.15) is 0 Å². The normalized spacial score (nSPS) is 11.1. The third-order valence-corrected chi connectivity index (χ3v) is 3.95. The highest BCUT2D eigenvalue weighted by Crippen LogP contribution is 2.24. The first-order valence-electron chi connectivity index (χ1n) is 6.80. The van der Waals surface area contributed by atoms with Crippen LogP contribution in [0.5, 0.6) is 0 Å². The average molecular weight is 285 g/mol. The van der Waals surface area contributed by atoms with Gasteiger partial charge >= 0.3 is 0 Å². The summed E-state index contributed by atoms with van der Waals surface area (Å²) in [7, 11) is 0. The van der Waals surface area contributed by atoms with Gasteiger partial charge < -0.3 is 10.3 Å². The molecule has 3 rings (SSSR count). The van der Waals surface area contributed by atoms with Crippen LogP contribution in [0, 0.1) is 0 Å². The number of halogens is 1. The van der Waals surface area contributed by atoms with Crippen LogP contribution in [-0.2, 0) is 13.0 Å². The monoisotopic (exact) mass is 284 g/mol. The van der Waals surface area contributed by atoms with Crippen molar-refractivity contribution in [1.82, 2.24) is 4.57 Å². The molecule has 20 heavy (non-hydrogen) atoms. The van der Waals surface area contributed by atoms with Gasteiger partial charge in [0.2, 0.25) is 0 Å². The van der Waals surface area contributed by atoms with E-state index < -0.39 is 0 Å². The number of rotatable bonds is 4. The van der Waals surface area contributed by atoms with Gasteiger partial charge in [-0.1, -0.05) is 48.0 Å².